The largest absolute Gasteiger partial charge is 0.478 e. The van der Waals surface area contributed by atoms with E-state index in [1.165, 1.54) is 13.8 Å². The number of aliphatic hydroxyl groups excluding tert-OH is 1. The fraction of sp³-hybridized carbons (Fsp3) is 0.500. The first-order valence-corrected chi connectivity index (χ1v) is 5.09. The van der Waals surface area contributed by atoms with E-state index in [0.29, 0.717) is 0 Å². The summed E-state index contributed by atoms with van der Waals surface area (Å²) >= 11 is 0. The van der Waals surface area contributed by atoms with Crippen LogP contribution in [0.5, 0.6) is 0 Å². The summed E-state index contributed by atoms with van der Waals surface area (Å²) in [6, 6.07) is 0. The molecule has 0 aliphatic rings. The molecule has 0 radical (unpaired) electrons. The third kappa shape index (κ3) is 29.3. The highest BCUT2D eigenvalue weighted by Gasteiger charge is 1.90. The van der Waals surface area contributed by atoms with Gasteiger partial charge in [-0.3, -0.25) is 0 Å². The molecule has 0 unspecified atom stereocenters. The van der Waals surface area contributed by atoms with Crippen molar-refractivity contribution in [2.24, 2.45) is 0 Å². The molecule has 0 aromatic rings. The predicted octanol–water partition coefficient (Wildman–Crippen LogP) is 0.834. The molecule has 18 heavy (non-hydrogen) atoms. The number of carbonyl (C=O) groups is 2. The Morgan fingerprint density at radius 1 is 1.00 bits per heavy atom. The molecule has 0 atom stereocenters. The Bertz CT molecular complexity index is 236. The molecule has 0 spiro atoms. The highest BCUT2D eigenvalue weighted by molar-refractivity contribution is 5.85. The molecule has 0 aliphatic heterocycles. The van der Waals surface area contributed by atoms with Crippen molar-refractivity contribution in [1.82, 2.24) is 4.90 Å². The Balaban J connectivity index is -0.000000187. The Kier molecular flexibility index (Phi) is 16.1. The van der Waals surface area contributed by atoms with E-state index in [2.05, 4.69) is 13.2 Å². The summed E-state index contributed by atoms with van der Waals surface area (Å²) in [5.41, 5.74) is 0.352. The molecule has 0 rings (SSSR count). The van der Waals surface area contributed by atoms with Crippen LogP contribution in [-0.4, -0.2) is 59.4 Å². The van der Waals surface area contributed by atoms with Gasteiger partial charge >= 0.3 is 11.9 Å². The molecular weight excluding hydrogens is 238 g/mol. The summed E-state index contributed by atoms with van der Waals surface area (Å²) in [5.74, 6) is -1.87. The van der Waals surface area contributed by atoms with Crippen LogP contribution in [0.1, 0.15) is 13.8 Å². The lowest BCUT2D eigenvalue weighted by Crippen LogP contribution is -2.15. The van der Waals surface area contributed by atoms with E-state index in [9.17, 15) is 9.59 Å². The maximum absolute atomic E-state index is 9.60. The zero-order chi connectivity index (χ0) is 15.3. The van der Waals surface area contributed by atoms with Crippen LogP contribution in [0.15, 0.2) is 24.3 Å². The van der Waals surface area contributed by atoms with E-state index in [4.69, 9.17) is 15.3 Å². The van der Waals surface area contributed by atoms with Crippen LogP contribution in [0.25, 0.3) is 0 Å². The molecule has 0 fully saturated rings. The molecule has 3 N–H and O–H groups in total. The van der Waals surface area contributed by atoms with E-state index in [1.807, 2.05) is 19.0 Å². The number of nitrogens with zero attached hydrogens (tertiary/aromatic N) is 1. The van der Waals surface area contributed by atoms with Crippen LogP contribution >= 0.6 is 0 Å². The van der Waals surface area contributed by atoms with Gasteiger partial charge in [0.05, 0.1) is 6.61 Å². The summed E-state index contributed by atoms with van der Waals surface area (Å²) in [5, 5.41) is 24.0. The van der Waals surface area contributed by atoms with E-state index in [1.54, 1.807) is 0 Å². The molecule has 0 aromatic heterocycles. The third-order valence-electron chi connectivity index (χ3n) is 1.28. The van der Waals surface area contributed by atoms with Crippen molar-refractivity contribution in [3.05, 3.63) is 24.3 Å². The van der Waals surface area contributed by atoms with Crippen LogP contribution in [0.3, 0.4) is 0 Å². The van der Waals surface area contributed by atoms with E-state index < -0.39 is 11.9 Å². The van der Waals surface area contributed by atoms with Gasteiger partial charge in [-0.05, 0) is 27.9 Å². The van der Waals surface area contributed by atoms with Gasteiger partial charge in [0.15, 0.2) is 0 Å². The second-order valence-corrected chi connectivity index (χ2v) is 3.70. The number of rotatable bonds is 4. The molecule has 106 valence electrons. The van der Waals surface area contributed by atoms with Crippen LogP contribution in [0.2, 0.25) is 0 Å². The van der Waals surface area contributed by atoms with Crippen molar-refractivity contribution in [2.45, 2.75) is 13.8 Å². The first-order chi connectivity index (χ1) is 8.06. The predicted molar refractivity (Wildman–Crippen MR) is 70.5 cm³/mol. The number of hydrogen-bond donors (Lipinski definition) is 3. The Hall–Kier alpha value is -1.66. The van der Waals surface area contributed by atoms with Crippen LogP contribution < -0.4 is 0 Å². The number of likely N-dealkylation sites (N-methyl/N-ethyl adjacent to an activating group) is 1. The van der Waals surface area contributed by atoms with Crippen molar-refractivity contribution >= 4 is 11.9 Å². The summed E-state index contributed by atoms with van der Waals surface area (Å²) < 4.78 is 0. The second-order valence-electron chi connectivity index (χ2n) is 3.70. The minimum atomic E-state index is -0.935. The molecule has 0 saturated heterocycles. The normalized spacial score (nSPS) is 8.33. The van der Waals surface area contributed by atoms with Crippen LogP contribution in [0.4, 0.5) is 0 Å². The summed E-state index contributed by atoms with van der Waals surface area (Å²) in [6.45, 7) is 10.2. The van der Waals surface area contributed by atoms with E-state index in [0.717, 1.165) is 6.54 Å². The summed E-state index contributed by atoms with van der Waals surface area (Å²) in [4.78, 5) is 21.1. The molecule has 6 nitrogen and oxygen atoms in total. The van der Waals surface area contributed by atoms with Crippen LogP contribution in [-0.2, 0) is 9.59 Å². The number of aliphatic hydroxyl groups is 1. The Morgan fingerprint density at radius 3 is 1.22 bits per heavy atom. The highest BCUT2D eigenvalue weighted by atomic mass is 16.4. The molecule has 0 amide bonds. The molecular formula is C12H23NO5. The second kappa shape index (κ2) is 13.4. The van der Waals surface area contributed by atoms with Gasteiger partial charge < -0.3 is 20.2 Å². The fourth-order valence-electron chi connectivity index (χ4n) is 0.200. The van der Waals surface area contributed by atoms with Gasteiger partial charge in [-0.1, -0.05) is 13.2 Å². The fourth-order valence-corrected chi connectivity index (χ4v) is 0.200. The van der Waals surface area contributed by atoms with Crippen molar-refractivity contribution in [3.63, 3.8) is 0 Å². The third-order valence-corrected chi connectivity index (χ3v) is 1.28. The van der Waals surface area contributed by atoms with Crippen molar-refractivity contribution < 1.29 is 24.9 Å². The summed E-state index contributed by atoms with van der Waals surface area (Å²) in [7, 11) is 3.85. The van der Waals surface area contributed by atoms with Crippen molar-refractivity contribution in [3.8, 4) is 0 Å². The number of carboxylic acids is 2. The van der Waals surface area contributed by atoms with Gasteiger partial charge in [-0.25, -0.2) is 9.59 Å². The number of hydrogen-bond acceptors (Lipinski definition) is 4. The minimum absolute atomic E-state index is 0.176. The maximum Gasteiger partial charge on any atom is 0.330 e. The van der Waals surface area contributed by atoms with E-state index >= 15 is 0 Å². The monoisotopic (exact) mass is 261 g/mol. The van der Waals surface area contributed by atoms with Gasteiger partial charge in [0.2, 0.25) is 0 Å². The average molecular weight is 261 g/mol. The van der Waals surface area contributed by atoms with Gasteiger partial charge in [0, 0.05) is 17.7 Å². The lowest BCUT2D eigenvalue weighted by atomic mass is 10.4. The number of aliphatic carboxylic acids is 2. The molecule has 0 aromatic carbocycles. The Labute approximate surface area is 108 Å². The lowest BCUT2D eigenvalue weighted by Gasteiger charge is -2.03. The van der Waals surface area contributed by atoms with Gasteiger partial charge in [0.1, 0.15) is 0 Å². The minimum Gasteiger partial charge on any atom is -0.478 e. The van der Waals surface area contributed by atoms with Gasteiger partial charge in [-0.2, -0.15) is 0 Å². The number of carboxylic acid groups (broad SMARTS) is 2. The first kappa shape index (κ1) is 21.6. The molecule has 0 aliphatic carbocycles. The Morgan fingerprint density at radius 2 is 1.22 bits per heavy atom. The molecule has 0 bridgehead atoms. The quantitative estimate of drug-likeness (QED) is 0.648. The maximum atomic E-state index is 9.60. The highest BCUT2D eigenvalue weighted by Crippen LogP contribution is 1.81. The molecule has 6 heteroatoms. The van der Waals surface area contributed by atoms with Gasteiger partial charge in [0.25, 0.3) is 0 Å². The van der Waals surface area contributed by atoms with E-state index in [-0.39, 0.29) is 17.8 Å². The molecule has 0 heterocycles. The average Bonchev–Trinajstić information content (AvgIpc) is 2.18. The lowest BCUT2D eigenvalue weighted by molar-refractivity contribution is -0.133. The summed E-state index contributed by atoms with van der Waals surface area (Å²) in [6.07, 6.45) is 0. The zero-order valence-electron chi connectivity index (χ0n) is 11.4. The molecule has 0 saturated carbocycles. The van der Waals surface area contributed by atoms with Crippen molar-refractivity contribution in [2.75, 3.05) is 27.2 Å². The topological polar surface area (TPSA) is 98.1 Å². The zero-order valence-corrected chi connectivity index (χ0v) is 11.4. The SMILES string of the molecule is C=C(C)C(=O)O.C=C(C)C(=O)O.CN(C)CCO. The smallest absolute Gasteiger partial charge is 0.330 e. The van der Waals surface area contributed by atoms with Crippen molar-refractivity contribution in [1.29, 1.82) is 0 Å². The standard InChI is InChI=1S/C4H11NO.2C4H6O2/c1-5(2)3-4-6;2*1-3(2)4(5)6/h6H,3-4H2,1-2H3;2*1H2,2H3,(H,5,6). The van der Waals surface area contributed by atoms with Gasteiger partial charge in [-0.15, -0.1) is 0 Å². The van der Waals surface area contributed by atoms with Crippen LogP contribution in [0, 0.1) is 0 Å². The first-order valence-electron chi connectivity index (χ1n) is 5.09.